The Morgan fingerprint density at radius 1 is 1.20 bits per heavy atom. The molecule has 0 fully saturated rings. The third-order valence-electron chi connectivity index (χ3n) is 3.49. The summed E-state index contributed by atoms with van der Waals surface area (Å²) >= 11 is 5.07. The van der Waals surface area contributed by atoms with Crippen LogP contribution in [0.2, 0.25) is 0 Å². The highest BCUT2D eigenvalue weighted by Crippen LogP contribution is 2.17. The van der Waals surface area contributed by atoms with E-state index in [-0.39, 0.29) is 5.91 Å². The van der Waals surface area contributed by atoms with Crippen LogP contribution in [0.1, 0.15) is 22.8 Å². The first-order valence-corrected chi connectivity index (χ1v) is 9.60. The summed E-state index contributed by atoms with van der Waals surface area (Å²) in [7, 11) is 0. The van der Waals surface area contributed by atoms with Gasteiger partial charge in [0.2, 0.25) is 0 Å². The second-order valence-electron chi connectivity index (χ2n) is 5.27. The van der Waals surface area contributed by atoms with Gasteiger partial charge in [0, 0.05) is 16.7 Å². The van der Waals surface area contributed by atoms with E-state index < -0.39 is 0 Å². The lowest BCUT2D eigenvalue weighted by Gasteiger charge is -2.09. The van der Waals surface area contributed by atoms with Crippen molar-refractivity contribution in [1.29, 1.82) is 0 Å². The fourth-order valence-electron chi connectivity index (χ4n) is 2.26. The molecule has 5 nitrogen and oxygen atoms in total. The van der Waals surface area contributed by atoms with Gasteiger partial charge in [-0.25, -0.2) is 9.67 Å². The summed E-state index contributed by atoms with van der Waals surface area (Å²) in [6.07, 6.45) is 3.27. The number of amides is 1. The van der Waals surface area contributed by atoms with Gasteiger partial charge in [-0.1, -0.05) is 35.0 Å². The first-order valence-electron chi connectivity index (χ1n) is 7.82. The average molecular weight is 417 g/mol. The van der Waals surface area contributed by atoms with Gasteiger partial charge in [0.15, 0.2) is 0 Å². The van der Waals surface area contributed by atoms with Gasteiger partial charge in [0.25, 0.3) is 5.91 Å². The maximum Gasteiger partial charge on any atom is 0.258 e. The molecule has 0 radical (unpaired) electrons. The number of nitrogens with one attached hydrogen (secondary N) is 1. The minimum Gasteiger partial charge on any atom is -0.307 e. The van der Waals surface area contributed by atoms with E-state index in [1.165, 1.54) is 0 Å². The third kappa shape index (κ3) is 4.70. The van der Waals surface area contributed by atoms with E-state index in [0.29, 0.717) is 17.9 Å². The van der Waals surface area contributed by atoms with E-state index in [9.17, 15) is 4.79 Å². The van der Waals surface area contributed by atoms with Crippen molar-refractivity contribution in [1.82, 2.24) is 14.8 Å². The predicted molar refractivity (Wildman–Crippen MR) is 104 cm³/mol. The van der Waals surface area contributed by atoms with E-state index in [0.717, 1.165) is 20.8 Å². The first kappa shape index (κ1) is 17.7. The zero-order chi connectivity index (χ0) is 17.6. The Hall–Kier alpha value is -2.12. The van der Waals surface area contributed by atoms with Crippen LogP contribution in [-0.4, -0.2) is 26.4 Å². The number of halogens is 1. The molecular formula is C18H17BrN4OS. The van der Waals surface area contributed by atoms with Crippen LogP contribution in [0.15, 0.2) is 64.4 Å². The highest BCUT2D eigenvalue weighted by atomic mass is 79.9. The molecule has 0 aliphatic carbocycles. The zero-order valence-electron chi connectivity index (χ0n) is 13.6. The van der Waals surface area contributed by atoms with E-state index in [2.05, 4.69) is 38.3 Å². The van der Waals surface area contributed by atoms with Crippen LogP contribution in [0.4, 0.5) is 5.82 Å². The Kier molecular flexibility index (Phi) is 5.88. The molecule has 0 bridgehead atoms. The molecule has 0 saturated carbocycles. The minimum atomic E-state index is -0.196. The Bertz CT molecular complexity index is 846. The smallest absolute Gasteiger partial charge is 0.258 e. The van der Waals surface area contributed by atoms with Crippen LogP contribution in [0, 0.1) is 0 Å². The third-order valence-corrected chi connectivity index (χ3v) is 4.85. The van der Waals surface area contributed by atoms with Gasteiger partial charge >= 0.3 is 0 Å². The summed E-state index contributed by atoms with van der Waals surface area (Å²) in [6, 6.07) is 13.4. The number of aromatic nitrogens is 3. The topological polar surface area (TPSA) is 59.8 Å². The number of hydrogen-bond donors (Lipinski definition) is 1. The highest BCUT2D eigenvalue weighted by Gasteiger charge is 2.10. The number of rotatable bonds is 6. The van der Waals surface area contributed by atoms with E-state index >= 15 is 0 Å². The fraction of sp³-hybridized carbons (Fsp3) is 0.167. The van der Waals surface area contributed by atoms with Gasteiger partial charge in [0.1, 0.15) is 5.82 Å². The molecule has 0 atom stereocenters. The maximum absolute atomic E-state index is 12.4. The van der Waals surface area contributed by atoms with Crippen LogP contribution < -0.4 is 5.32 Å². The fourth-order valence-corrected chi connectivity index (χ4v) is 3.12. The van der Waals surface area contributed by atoms with Crippen LogP contribution in [0.5, 0.6) is 0 Å². The highest BCUT2D eigenvalue weighted by molar-refractivity contribution is 9.10. The quantitative estimate of drug-likeness (QED) is 0.602. The SMILES string of the molecule is CCSc1ccc(C(=O)Nc2ccnn2Cc2ccc(Br)cc2)cn1. The van der Waals surface area contributed by atoms with Crippen LogP contribution in [-0.2, 0) is 6.54 Å². The van der Waals surface area contributed by atoms with Crippen LogP contribution in [0.3, 0.4) is 0 Å². The molecule has 0 spiro atoms. The van der Waals surface area contributed by atoms with Crippen LogP contribution >= 0.6 is 27.7 Å². The molecule has 2 aromatic heterocycles. The number of carbonyl (C=O) groups is 1. The zero-order valence-corrected chi connectivity index (χ0v) is 16.0. The summed E-state index contributed by atoms with van der Waals surface area (Å²) in [5.41, 5.74) is 1.63. The lowest BCUT2D eigenvalue weighted by atomic mass is 10.2. The predicted octanol–water partition coefficient (Wildman–Crippen LogP) is 4.45. The molecule has 0 aliphatic rings. The summed E-state index contributed by atoms with van der Waals surface area (Å²) in [5.74, 6) is 1.41. The van der Waals surface area contributed by atoms with Crippen molar-refractivity contribution in [2.24, 2.45) is 0 Å². The van der Waals surface area contributed by atoms with Crippen molar-refractivity contribution in [3.05, 3.63) is 70.5 Å². The van der Waals surface area contributed by atoms with Gasteiger partial charge in [-0.3, -0.25) is 4.79 Å². The van der Waals surface area contributed by atoms with E-state index in [4.69, 9.17) is 0 Å². The molecule has 0 saturated heterocycles. The number of thioether (sulfide) groups is 1. The Balaban J connectivity index is 1.69. The molecular weight excluding hydrogens is 400 g/mol. The molecule has 0 unspecified atom stereocenters. The maximum atomic E-state index is 12.4. The largest absolute Gasteiger partial charge is 0.307 e. The molecule has 1 aromatic carbocycles. The summed E-state index contributed by atoms with van der Waals surface area (Å²) in [5, 5.41) is 8.10. The minimum absolute atomic E-state index is 0.196. The Morgan fingerprint density at radius 3 is 2.68 bits per heavy atom. The van der Waals surface area contributed by atoms with Crippen molar-refractivity contribution in [3.63, 3.8) is 0 Å². The van der Waals surface area contributed by atoms with Gasteiger partial charge in [-0.15, -0.1) is 11.8 Å². The number of benzene rings is 1. The molecule has 0 aliphatic heterocycles. The lowest BCUT2D eigenvalue weighted by Crippen LogP contribution is -2.16. The molecule has 128 valence electrons. The molecule has 2 heterocycles. The van der Waals surface area contributed by atoms with E-state index in [1.807, 2.05) is 30.3 Å². The van der Waals surface area contributed by atoms with Gasteiger partial charge in [-0.05, 0) is 35.6 Å². The van der Waals surface area contributed by atoms with Crippen LogP contribution in [0.25, 0.3) is 0 Å². The Morgan fingerprint density at radius 2 is 2.00 bits per heavy atom. The second-order valence-corrected chi connectivity index (χ2v) is 7.47. The molecule has 25 heavy (non-hydrogen) atoms. The van der Waals surface area contributed by atoms with Gasteiger partial charge in [0.05, 0.1) is 23.3 Å². The molecule has 7 heteroatoms. The number of anilines is 1. The Labute approximate surface area is 159 Å². The standard InChI is InChI=1S/C18H17BrN4OS/c1-2-25-17-8-5-14(11-20-17)18(24)22-16-9-10-21-23(16)12-13-3-6-15(19)7-4-13/h3-11H,2,12H2,1H3,(H,22,24). The molecule has 1 N–H and O–H groups in total. The monoisotopic (exact) mass is 416 g/mol. The van der Waals surface area contributed by atoms with Gasteiger partial charge < -0.3 is 5.32 Å². The van der Waals surface area contributed by atoms with Crippen molar-refractivity contribution < 1.29 is 4.79 Å². The van der Waals surface area contributed by atoms with Gasteiger partial charge in [-0.2, -0.15) is 5.10 Å². The normalized spacial score (nSPS) is 10.6. The summed E-state index contributed by atoms with van der Waals surface area (Å²) < 4.78 is 2.79. The van der Waals surface area contributed by atoms with Crippen molar-refractivity contribution >= 4 is 39.4 Å². The second kappa shape index (κ2) is 8.31. The first-order chi connectivity index (χ1) is 12.2. The summed E-state index contributed by atoms with van der Waals surface area (Å²) in [6.45, 7) is 2.65. The van der Waals surface area contributed by atoms with Crippen molar-refractivity contribution in [2.45, 2.75) is 18.5 Å². The van der Waals surface area contributed by atoms with Crippen molar-refractivity contribution in [3.8, 4) is 0 Å². The van der Waals surface area contributed by atoms with Crippen molar-refractivity contribution in [2.75, 3.05) is 11.1 Å². The molecule has 3 rings (SSSR count). The summed E-state index contributed by atoms with van der Waals surface area (Å²) in [4.78, 5) is 16.7. The number of carbonyl (C=O) groups excluding carboxylic acids is 1. The average Bonchev–Trinajstić information content (AvgIpc) is 3.04. The number of hydrogen-bond acceptors (Lipinski definition) is 4. The van der Waals surface area contributed by atoms with E-state index in [1.54, 1.807) is 41.0 Å². The lowest BCUT2D eigenvalue weighted by molar-refractivity contribution is 0.102. The molecule has 1 amide bonds. The number of nitrogens with zero attached hydrogens (tertiary/aromatic N) is 3. The molecule has 3 aromatic rings. The number of pyridine rings is 1.